The molecule has 0 aromatic heterocycles. The summed E-state index contributed by atoms with van der Waals surface area (Å²) in [6.45, 7) is 2.92. The zero-order valence-electron chi connectivity index (χ0n) is 22.1. The molecule has 3 N–H and O–H groups in total. The number of amides is 2. The Morgan fingerprint density at radius 3 is 2.46 bits per heavy atom. The molecule has 2 aliphatic carbocycles. The summed E-state index contributed by atoms with van der Waals surface area (Å²) >= 11 is 6.28. The molecule has 3 fully saturated rings. The molecule has 2 bridgehead atoms. The van der Waals surface area contributed by atoms with Crippen LogP contribution < -0.4 is 10.6 Å². The smallest absolute Gasteiger partial charge is 0.255 e. The van der Waals surface area contributed by atoms with Gasteiger partial charge in [0.05, 0.1) is 39.8 Å². The molecular formula is C28H30ClF3N2O6S. The second kappa shape index (κ2) is 11.2. The van der Waals surface area contributed by atoms with E-state index in [0.717, 1.165) is 6.07 Å². The first-order valence-electron chi connectivity index (χ1n) is 13.4. The fraction of sp³-hybridized carbons (Fsp3) is 0.500. The first kappa shape index (κ1) is 29.8. The largest absolute Gasteiger partial charge is 0.389 e. The Bertz CT molecular complexity index is 1460. The number of halogens is 4. The van der Waals surface area contributed by atoms with Crippen LogP contribution in [0.25, 0.3) is 0 Å². The van der Waals surface area contributed by atoms with E-state index in [2.05, 4.69) is 10.6 Å². The minimum absolute atomic E-state index is 0.0168. The minimum atomic E-state index is -4.10. The van der Waals surface area contributed by atoms with Crippen LogP contribution in [-0.2, 0) is 19.4 Å². The summed E-state index contributed by atoms with van der Waals surface area (Å²) in [5.74, 6) is -6.75. The molecule has 1 aliphatic heterocycles. The molecular weight excluding hydrogens is 585 g/mol. The Morgan fingerprint density at radius 1 is 1.12 bits per heavy atom. The number of rotatable bonds is 7. The topological polar surface area (TPSA) is 122 Å². The summed E-state index contributed by atoms with van der Waals surface area (Å²) in [6, 6.07) is 4.68. The van der Waals surface area contributed by atoms with Crippen molar-refractivity contribution >= 4 is 38.9 Å². The van der Waals surface area contributed by atoms with Gasteiger partial charge in [-0.25, -0.2) is 21.6 Å². The highest BCUT2D eigenvalue weighted by Crippen LogP contribution is 2.56. The SMILES string of the molecule is C[C@H]1CC2CC(S(=O)(=O)c3cc(C(=O)Nc4cc(F)c(F)c(F)c4)ccc3Cl)CC1[C@@]2(O)CC(=O)N[C@@H]1CCOC1. The lowest BCUT2D eigenvalue weighted by Crippen LogP contribution is -2.52. The van der Waals surface area contributed by atoms with Crippen molar-refractivity contribution in [3.63, 3.8) is 0 Å². The van der Waals surface area contributed by atoms with Crippen LogP contribution in [0.2, 0.25) is 5.02 Å². The quantitative estimate of drug-likeness (QED) is 0.401. The van der Waals surface area contributed by atoms with Crippen molar-refractivity contribution in [3.05, 3.63) is 58.4 Å². The van der Waals surface area contributed by atoms with E-state index in [1.807, 2.05) is 6.92 Å². The van der Waals surface area contributed by atoms with Crippen molar-refractivity contribution in [2.75, 3.05) is 18.5 Å². The van der Waals surface area contributed by atoms with E-state index in [1.165, 1.54) is 12.1 Å². The van der Waals surface area contributed by atoms with Gasteiger partial charge in [-0.05, 0) is 61.6 Å². The molecule has 6 atom stereocenters. The number of carbonyl (C=O) groups excluding carboxylic acids is 2. The monoisotopic (exact) mass is 614 g/mol. The molecule has 1 saturated heterocycles. The molecule has 2 amide bonds. The average molecular weight is 615 g/mol. The van der Waals surface area contributed by atoms with Gasteiger partial charge >= 0.3 is 0 Å². The van der Waals surface area contributed by atoms with E-state index >= 15 is 0 Å². The summed E-state index contributed by atoms with van der Waals surface area (Å²) in [7, 11) is -4.10. The number of ether oxygens (including phenoxy) is 1. The Balaban J connectivity index is 1.34. The molecule has 2 aromatic rings. The predicted molar refractivity (Wildman–Crippen MR) is 144 cm³/mol. The number of aliphatic hydroxyl groups is 1. The fourth-order valence-electron chi connectivity index (χ4n) is 6.63. The van der Waals surface area contributed by atoms with Crippen molar-refractivity contribution in [2.45, 2.75) is 60.8 Å². The van der Waals surface area contributed by atoms with E-state index in [9.17, 15) is 36.3 Å². The zero-order chi connectivity index (χ0) is 29.7. The highest BCUT2D eigenvalue weighted by Gasteiger charge is 2.59. The van der Waals surface area contributed by atoms with Crippen LogP contribution >= 0.6 is 11.6 Å². The number of hydrogen-bond donors (Lipinski definition) is 3. The molecule has 13 heteroatoms. The summed E-state index contributed by atoms with van der Waals surface area (Å²) in [6.07, 6.45) is 1.35. The molecule has 0 radical (unpaired) electrons. The van der Waals surface area contributed by atoms with Gasteiger partial charge in [0.2, 0.25) is 5.91 Å². The Labute approximate surface area is 240 Å². The maximum atomic E-state index is 13.8. The first-order chi connectivity index (χ1) is 19.3. The maximum Gasteiger partial charge on any atom is 0.255 e. The molecule has 8 nitrogen and oxygen atoms in total. The molecule has 2 saturated carbocycles. The van der Waals surface area contributed by atoms with Crippen LogP contribution in [-0.4, -0.2) is 55.4 Å². The van der Waals surface area contributed by atoms with Gasteiger partial charge in [0.1, 0.15) is 0 Å². The lowest BCUT2D eigenvalue weighted by Gasteiger charge is -2.43. The average Bonchev–Trinajstić information content (AvgIpc) is 3.42. The highest BCUT2D eigenvalue weighted by atomic mass is 35.5. The van der Waals surface area contributed by atoms with Gasteiger partial charge < -0.3 is 20.5 Å². The van der Waals surface area contributed by atoms with Gasteiger partial charge in [0.25, 0.3) is 5.91 Å². The van der Waals surface area contributed by atoms with Crippen LogP contribution in [0.4, 0.5) is 18.9 Å². The number of benzene rings is 2. The second-order valence-electron chi connectivity index (χ2n) is 11.3. The van der Waals surface area contributed by atoms with Crippen molar-refractivity contribution in [1.29, 1.82) is 0 Å². The second-order valence-corrected chi connectivity index (χ2v) is 13.9. The third-order valence-corrected chi connectivity index (χ3v) is 11.3. The molecule has 1 heterocycles. The van der Waals surface area contributed by atoms with E-state index in [1.54, 1.807) is 0 Å². The Hall–Kier alpha value is -2.67. The Morgan fingerprint density at radius 2 is 1.83 bits per heavy atom. The lowest BCUT2D eigenvalue weighted by atomic mass is 9.71. The Kier molecular flexibility index (Phi) is 8.14. The van der Waals surface area contributed by atoms with Crippen LogP contribution in [0.3, 0.4) is 0 Å². The maximum absolute atomic E-state index is 13.8. The molecule has 0 spiro atoms. The van der Waals surface area contributed by atoms with E-state index in [4.69, 9.17) is 16.3 Å². The summed E-state index contributed by atoms with van der Waals surface area (Å²) in [5, 5.41) is 15.8. The van der Waals surface area contributed by atoms with Crippen LogP contribution in [0.15, 0.2) is 35.2 Å². The van der Waals surface area contributed by atoms with Crippen LogP contribution in [0, 0.1) is 35.2 Å². The molecule has 5 rings (SSSR count). The van der Waals surface area contributed by atoms with Crippen LogP contribution in [0.5, 0.6) is 0 Å². The number of anilines is 1. The van der Waals surface area contributed by atoms with Crippen molar-refractivity contribution in [3.8, 4) is 0 Å². The van der Waals surface area contributed by atoms with Gasteiger partial charge in [0.15, 0.2) is 27.3 Å². The van der Waals surface area contributed by atoms with Crippen molar-refractivity contribution in [2.24, 2.45) is 17.8 Å². The van der Waals surface area contributed by atoms with E-state index in [-0.39, 0.29) is 58.3 Å². The number of hydrogen-bond acceptors (Lipinski definition) is 6. The zero-order valence-corrected chi connectivity index (χ0v) is 23.7. The van der Waals surface area contributed by atoms with Gasteiger partial charge in [0, 0.05) is 30.0 Å². The molecule has 3 aliphatic rings. The number of fused-ring (bicyclic) bond motifs is 2. The van der Waals surface area contributed by atoms with Gasteiger partial charge in [-0.3, -0.25) is 9.59 Å². The number of nitrogens with one attached hydrogen (secondary N) is 2. The normalized spacial score (nSPS) is 29.4. The fourth-order valence-corrected chi connectivity index (χ4v) is 9.01. The predicted octanol–water partition coefficient (Wildman–Crippen LogP) is 4.24. The van der Waals surface area contributed by atoms with E-state index in [0.29, 0.717) is 38.2 Å². The van der Waals surface area contributed by atoms with Crippen molar-refractivity contribution in [1.82, 2.24) is 5.32 Å². The third kappa shape index (κ3) is 5.71. The minimum Gasteiger partial charge on any atom is -0.389 e. The van der Waals surface area contributed by atoms with Crippen LogP contribution in [0.1, 0.15) is 49.4 Å². The summed E-state index contributed by atoms with van der Waals surface area (Å²) in [5.41, 5.74) is -1.85. The first-order valence-corrected chi connectivity index (χ1v) is 15.3. The number of carbonyl (C=O) groups is 2. The molecule has 2 aromatic carbocycles. The van der Waals surface area contributed by atoms with E-state index < -0.39 is 55.9 Å². The standard InChI is InChI=1S/C28H30ClF3N2O6S/c1-14-6-16-8-19(11-20(14)28(16,37)12-25(35)33-17-4-5-40-13-17)41(38,39)24-7-15(2-3-21(24)29)27(36)34-18-9-22(30)26(32)23(31)10-18/h2-3,7,9-10,14,16-17,19-20,37H,4-6,8,11-13H2,1H3,(H,33,35)(H,34,36)/t14-,16?,17+,19?,20?,28+/m0/s1. The number of sulfone groups is 1. The third-order valence-electron chi connectivity index (χ3n) is 8.68. The summed E-state index contributed by atoms with van der Waals surface area (Å²) in [4.78, 5) is 25.3. The van der Waals surface area contributed by atoms with Gasteiger partial charge in [-0.15, -0.1) is 0 Å². The molecule has 3 unspecified atom stereocenters. The van der Waals surface area contributed by atoms with Gasteiger partial charge in [-0.1, -0.05) is 18.5 Å². The highest BCUT2D eigenvalue weighted by molar-refractivity contribution is 7.92. The molecule has 41 heavy (non-hydrogen) atoms. The molecule has 222 valence electrons. The summed E-state index contributed by atoms with van der Waals surface area (Å²) < 4.78 is 73.4. The van der Waals surface area contributed by atoms with Gasteiger partial charge in [-0.2, -0.15) is 0 Å². The van der Waals surface area contributed by atoms with Crippen molar-refractivity contribution < 1.29 is 41.0 Å². The lowest BCUT2D eigenvalue weighted by molar-refractivity contribution is -0.134.